The van der Waals surface area contributed by atoms with E-state index in [1.807, 2.05) is 0 Å². The Hall–Kier alpha value is -0.640. The number of halogens is 2. The van der Waals surface area contributed by atoms with Crippen LogP contribution < -0.4 is 4.73 Å². The van der Waals surface area contributed by atoms with E-state index in [0.29, 0.717) is 4.73 Å². The molecule has 2 nitrogen and oxygen atoms in total. The summed E-state index contributed by atoms with van der Waals surface area (Å²) in [6.45, 7) is 0. The monoisotopic (exact) mass is 191 g/mol. The maximum absolute atomic E-state index is 12.2. The molecule has 0 atom stereocenters. The quantitative estimate of drug-likeness (QED) is 0.345. The van der Waals surface area contributed by atoms with Crippen LogP contribution >= 0.6 is 15.9 Å². The van der Waals surface area contributed by atoms with Gasteiger partial charge >= 0.3 is 0 Å². The smallest absolute Gasteiger partial charge is 0.262 e. The number of hydrogen-bond donors (Lipinski definition) is 0. The lowest BCUT2D eigenvalue weighted by molar-refractivity contribution is -0.617. The Bertz CT molecular complexity index is 228. The van der Waals surface area contributed by atoms with E-state index < -0.39 is 5.82 Å². The SMILES string of the molecule is [O-][n+]1ccc(F)cc1Br. The predicted octanol–water partition coefficient (Wildman–Crippen LogP) is 1.22. The second-order valence-electron chi connectivity index (χ2n) is 1.49. The minimum atomic E-state index is -0.422. The largest absolute Gasteiger partial charge is 0.618 e. The van der Waals surface area contributed by atoms with E-state index in [1.54, 1.807) is 0 Å². The van der Waals surface area contributed by atoms with Gasteiger partial charge in [0.1, 0.15) is 5.82 Å². The van der Waals surface area contributed by atoms with Gasteiger partial charge in [0.15, 0.2) is 6.20 Å². The Kier molecular flexibility index (Phi) is 1.66. The van der Waals surface area contributed by atoms with Crippen LogP contribution in [0, 0.1) is 11.0 Å². The Labute approximate surface area is 59.6 Å². The molecule has 0 radical (unpaired) electrons. The molecule has 0 aliphatic heterocycles. The predicted molar refractivity (Wildman–Crippen MR) is 33.1 cm³/mol. The molecule has 0 N–H and O–H groups in total. The van der Waals surface area contributed by atoms with E-state index >= 15 is 0 Å². The summed E-state index contributed by atoms with van der Waals surface area (Å²) in [7, 11) is 0. The zero-order chi connectivity index (χ0) is 6.85. The highest BCUT2D eigenvalue weighted by molar-refractivity contribution is 9.10. The van der Waals surface area contributed by atoms with E-state index in [0.717, 1.165) is 18.3 Å². The first-order valence-corrected chi connectivity index (χ1v) is 3.03. The van der Waals surface area contributed by atoms with Crippen molar-refractivity contribution in [2.24, 2.45) is 0 Å². The van der Waals surface area contributed by atoms with Crippen molar-refractivity contribution in [2.45, 2.75) is 0 Å². The molecule has 0 saturated carbocycles. The topological polar surface area (TPSA) is 26.9 Å². The molecule has 1 rings (SSSR count). The normalized spacial score (nSPS) is 9.56. The van der Waals surface area contributed by atoms with Gasteiger partial charge in [0.25, 0.3) is 4.60 Å². The first-order valence-electron chi connectivity index (χ1n) is 2.24. The van der Waals surface area contributed by atoms with Crippen molar-refractivity contribution >= 4 is 15.9 Å². The molecule has 0 aromatic carbocycles. The Morgan fingerprint density at radius 1 is 1.67 bits per heavy atom. The van der Waals surface area contributed by atoms with E-state index in [2.05, 4.69) is 15.9 Å². The minimum Gasteiger partial charge on any atom is -0.618 e. The van der Waals surface area contributed by atoms with Crippen LogP contribution in [0.1, 0.15) is 0 Å². The molecule has 0 unspecified atom stereocenters. The molecule has 1 heterocycles. The highest BCUT2D eigenvalue weighted by Crippen LogP contribution is 2.03. The lowest BCUT2D eigenvalue weighted by Gasteiger charge is -1.95. The number of pyridine rings is 1. The van der Waals surface area contributed by atoms with Crippen LogP contribution in [0.2, 0.25) is 0 Å². The van der Waals surface area contributed by atoms with Crippen LogP contribution in [-0.2, 0) is 0 Å². The number of aromatic nitrogens is 1. The molecule has 0 spiro atoms. The fraction of sp³-hybridized carbons (Fsp3) is 0. The van der Waals surface area contributed by atoms with Gasteiger partial charge in [-0.05, 0) is 0 Å². The van der Waals surface area contributed by atoms with Gasteiger partial charge in [-0.3, -0.25) is 0 Å². The minimum absolute atomic E-state index is 0.183. The maximum Gasteiger partial charge on any atom is 0.262 e. The first-order chi connectivity index (χ1) is 4.20. The summed E-state index contributed by atoms with van der Waals surface area (Å²) >= 11 is 2.86. The maximum atomic E-state index is 12.2. The molecule has 4 heteroatoms. The van der Waals surface area contributed by atoms with Gasteiger partial charge in [-0.1, -0.05) is 0 Å². The third-order valence-electron chi connectivity index (χ3n) is 0.837. The lowest BCUT2D eigenvalue weighted by Crippen LogP contribution is -2.26. The molecule has 0 aliphatic rings. The average Bonchev–Trinajstić information content (AvgIpc) is 1.80. The summed E-state index contributed by atoms with van der Waals surface area (Å²) < 4.78 is 12.9. The van der Waals surface area contributed by atoms with Gasteiger partial charge in [0, 0.05) is 22.0 Å². The summed E-state index contributed by atoms with van der Waals surface area (Å²) in [4.78, 5) is 0. The molecule has 9 heavy (non-hydrogen) atoms. The van der Waals surface area contributed by atoms with Gasteiger partial charge in [-0.25, -0.2) is 4.39 Å². The molecule has 1 aromatic heterocycles. The molecule has 0 saturated heterocycles. The van der Waals surface area contributed by atoms with Crippen LogP contribution in [0.3, 0.4) is 0 Å². The van der Waals surface area contributed by atoms with E-state index in [9.17, 15) is 9.60 Å². The third kappa shape index (κ3) is 1.38. The van der Waals surface area contributed by atoms with Crippen LogP contribution in [-0.4, -0.2) is 0 Å². The molecule has 0 bridgehead atoms. The highest BCUT2D eigenvalue weighted by Gasteiger charge is 1.99. The van der Waals surface area contributed by atoms with Gasteiger partial charge < -0.3 is 5.21 Å². The summed E-state index contributed by atoms with van der Waals surface area (Å²) in [6.07, 6.45) is 1.10. The number of hydrogen-bond acceptors (Lipinski definition) is 1. The van der Waals surface area contributed by atoms with Gasteiger partial charge in [0.05, 0.1) is 6.07 Å². The zero-order valence-corrected chi connectivity index (χ0v) is 5.93. The van der Waals surface area contributed by atoms with Crippen LogP contribution in [0.25, 0.3) is 0 Å². The zero-order valence-electron chi connectivity index (χ0n) is 4.34. The summed E-state index contributed by atoms with van der Waals surface area (Å²) in [5.41, 5.74) is 0. The standard InChI is InChI=1S/C5H3BrFNO/c6-5-3-4(7)1-2-8(5)9/h1-3H. The van der Waals surface area contributed by atoms with Crippen molar-refractivity contribution in [3.05, 3.63) is 34.0 Å². The third-order valence-corrected chi connectivity index (χ3v) is 1.42. The van der Waals surface area contributed by atoms with Crippen LogP contribution in [0.4, 0.5) is 4.39 Å². The van der Waals surface area contributed by atoms with E-state index in [-0.39, 0.29) is 4.60 Å². The van der Waals surface area contributed by atoms with Gasteiger partial charge in [0.2, 0.25) is 0 Å². The Balaban J connectivity index is 3.17. The molecular weight excluding hydrogens is 189 g/mol. The molecule has 0 amide bonds. The van der Waals surface area contributed by atoms with E-state index in [1.165, 1.54) is 0 Å². The fourth-order valence-corrected chi connectivity index (χ4v) is 0.773. The number of rotatable bonds is 0. The van der Waals surface area contributed by atoms with Crippen LogP contribution in [0.15, 0.2) is 22.9 Å². The second-order valence-corrected chi connectivity index (χ2v) is 2.31. The van der Waals surface area contributed by atoms with Gasteiger partial charge in [-0.2, -0.15) is 4.73 Å². The molecule has 1 aromatic rings. The number of nitrogens with zero attached hydrogens (tertiary/aromatic N) is 1. The molecular formula is C5H3BrFNO. The summed E-state index contributed by atoms with van der Waals surface area (Å²) in [5, 5.41) is 10.5. The molecule has 0 fully saturated rings. The average molecular weight is 192 g/mol. The van der Waals surface area contributed by atoms with Crippen molar-refractivity contribution in [3.63, 3.8) is 0 Å². The summed E-state index contributed by atoms with van der Waals surface area (Å²) in [6, 6.07) is 2.20. The Morgan fingerprint density at radius 3 is 2.78 bits per heavy atom. The Morgan fingerprint density at radius 2 is 2.33 bits per heavy atom. The fourth-order valence-electron chi connectivity index (χ4n) is 0.436. The van der Waals surface area contributed by atoms with E-state index in [4.69, 9.17) is 0 Å². The summed E-state index contributed by atoms with van der Waals surface area (Å²) in [5.74, 6) is -0.422. The first kappa shape index (κ1) is 6.48. The molecule has 0 aliphatic carbocycles. The lowest BCUT2D eigenvalue weighted by atomic mass is 10.5. The second kappa shape index (κ2) is 2.31. The van der Waals surface area contributed by atoms with Crippen molar-refractivity contribution in [1.82, 2.24) is 0 Å². The van der Waals surface area contributed by atoms with Gasteiger partial charge in [-0.15, -0.1) is 0 Å². The highest BCUT2D eigenvalue weighted by atomic mass is 79.9. The van der Waals surface area contributed by atoms with Crippen LogP contribution in [0.5, 0.6) is 0 Å². The van der Waals surface area contributed by atoms with Crippen molar-refractivity contribution < 1.29 is 9.12 Å². The van der Waals surface area contributed by atoms with Crippen molar-refractivity contribution in [2.75, 3.05) is 0 Å². The van der Waals surface area contributed by atoms with Crippen molar-refractivity contribution in [3.8, 4) is 0 Å². The molecule has 48 valence electrons. The van der Waals surface area contributed by atoms with Crippen molar-refractivity contribution in [1.29, 1.82) is 0 Å².